The summed E-state index contributed by atoms with van der Waals surface area (Å²) < 4.78 is 0. The highest BCUT2D eigenvalue weighted by atomic mass is 16.6. The van der Waals surface area contributed by atoms with Crippen molar-refractivity contribution < 1.29 is 19.3 Å². The molecule has 0 aromatic heterocycles. The average molecular weight is 430 g/mol. The number of nitro benzene ring substituents is 1. The highest BCUT2D eigenvalue weighted by Gasteiger charge is 2.40. The first-order valence-electron chi connectivity index (χ1n) is 9.77. The molecule has 9 nitrogen and oxygen atoms in total. The summed E-state index contributed by atoms with van der Waals surface area (Å²) in [4.78, 5) is 49.9. The molecule has 0 saturated heterocycles. The molecule has 0 spiro atoms. The molecular weight excluding hydrogens is 412 g/mol. The van der Waals surface area contributed by atoms with E-state index in [0.29, 0.717) is 16.7 Å². The van der Waals surface area contributed by atoms with Crippen LogP contribution >= 0.6 is 0 Å². The molecule has 160 valence electrons. The van der Waals surface area contributed by atoms with Crippen LogP contribution in [0.5, 0.6) is 0 Å². The number of amides is 4. The van der Waals surface area contributed by atoms with E-state index in [9.17, 15) is 24.5 Å². The van der Waals surface area contributed by atoms with Crippen LogP contribution in [0.1, 0.15) is 32.3 Å². The van der Waals surface area contributed by atoms with Crippen LogP contribution in [-0.4, -0.2) is 34.2 Å². The van der Waals surface area contributed by atoms with Crippen LogP contribution in [0.25, 0.3) is 0 Å². The van der Waals surface area contributed by atoms with E-state index in [1.165, 1.54) is 24.3 Å². The number of non-ortho nitro benzene ring substituents is 1. The first-order chi connectivity index (χ1) is 15.5. The molecular formula is C23H18N4O5. The lowest BCUT2D eigenvalue weighted by Gasteiger charge is -2.27. The largest absolute Gasteiger partial charge is 0.335 e. The van der Waals surface area contributed by atoms with Crippen LogP contribution in [-0.2, 0) is 0 Å². The first-order valence-corrected chi connectivity index (χ1v) is 9.77. The van der Waals surface area contributed by atoms with E-state index in [4.69, 9.17) is 0 Å². The lowest BCUT2D eigenvalue weighted by Crippen LogP contribution is -2.42. The van der Waals surface area contributed by atoms with Crippen LogP contribution < -0.4 is 10.6 Å². The fraction of sp³-hybridized carbons (Fsp3) is 0.0870. The van der Waals surface area contributed by atoms with E-state index in [2.05, 4.69) is 10.6 Å². The van der Waals surface area contributed by atoms with Crippen molar-refractivity contribution in [1.82, 2.24) is 10.2 Å². The topological polar surface area (TPSA) is 122 Å². The summed E-state index contributed by atoms with van der Waals surface area (Å²) >= 11 is 0. The Bertz CT molecular complexity index is 1180. The lowest BCUT2D eigenvalue weighted by molar-refractivity contribution is -0.384. The summed E-state index contributed by atoms with van der Waals surface area (Å²) in [6.07, 6.45) is 0. The van der Waals surface area contributed by atoms with Gasteiger partial charge >= 0.3 is 6.03 Å². The number of hydrogen-bond acceptors (Lipinski definition) is 5. The van der Waals surface area contributed by atoms with Crippen molar-refractivity contribution in [2.75, 3.05) is 11.9 Å². The van der Waals surface area contributed by atoms with Crippen molar-refractivity contribution in [3.8, 4) is 0 Å². The molecule has 9 heteroatoms. The number of urea groups is 1. The molecule has 2 N–H and O–H groups in total. The van der Waals surface area contributed by atoms with Gasteiger partial charge in [0.15, 0.2) is 0 Å². The number of carbonyl (C=O) groups is 3. The normalized spacial score (nSPS) is 13.4. The second kappa shape index (κ2) is 8.68. The third-order valence-corrected chi connectivity index (χ3v) is 5.09. The fourth-order valence-electron chi connectivity index (χ4n) is 3.59. The number of nitrogens with zero attached hydrogens (tertiary/aromatic N) is 2. The Morgan fingerprint density at radius 2 is 1.53 bits per heavy atom. The molecule has 3 aromatic rings. The van der Waals surface area contributed by atoms with E-state index in [0.717, 1.165) is 4.90 Å². The van der Waals surface area contributed by atoms with E-state index in [-0.39, 0.29) is 17.9 Å². The van der Waals surface area contributed by atoms with E-state index in [1.54, 1.807) is 48.5 Å². The highest BCUT2D eigenvalue weighted by Crippen LogP contribution is 2.31. The smallest absolute Gasteiger partial charge is 0.319 e. The van der Waals surface area contributed by atoms with Crippen LogP contribution in [0.15, 0.2) is 78.9 Å². The molecule has 1 aliphatic rings. The number of benzene rings is 3. The molecule has 32 heavy (non-hydrogen) atoms. The van der Waals surface area contributed by atoms with E-state index < -0.39 is 28.8 Å². The van der Waals surface area contributed by atoms with Crippen LogP contribution in [0.2, 0.25) is 0 Å². The maximum absolute atomic E-state index is 13.0. The Morgan fingerprint density at radius 1 is 0.906 bits per heavy atom. The molecule has 0 radical (unpaired) electrons. The number of carbonyl (C=O) groups excluding carboxylic acids is 3. The Labute approximate surface area is 182 Å². The Hall–Kier alpha value is -4.53. The van der Waals surface area contributed by atoms with Gasteiger partial charge in [-0.1, -0.05) is 48.5 Å². The number of anilines is 1. The second-order valence-corrected chi connectivity index (χ2v) is 7.09. The van der Waals surface area contributed by atoms with Crippen LogP contribution in [0, 0.1) is 10.1 Å². The minimum Gasteiger partial charge on any atom is -0.335 e. The molecule has 1 aliphatic heterocycles. The highest BCUT2D eigenvalue weighted by molar-refractivity contribution is 6.21. The van der Waals surface area contributed by atoms with Gasteiger partial charge in [0.2, 0.25) is 0 Å². The molecule has 1 atom stereocenters. The summed E-state index contributed by atoms with van der Waals surface area (Å²) in [6, 6.07) is 19.7. The predicted molar refractivity (Wildman–Crippen MR) is 116 cm³/mol. The zero-order chi connectivity index (χ0) is 22.7. The zero-order valence-electron chi connectivity index (χ0n) is 16.7. The summed E-state index contributed by atoms with van der Waals surface area (Å²) in [5.41, 5.74) is 1.40. The van der Waals surface area contributed by atoms with Gasteiger partial charge in [-0.05, 0) is 23.8 Å². The Balaban J connectivity index is 1.54. The molecule has 0 aliphatic carbocycles. The SMILES string of the molecule is O=C(NCC(c1ccccc1)N1C(=O)c2ccccc2C1=O)Nc1cccc([N+](=O)[O-])c1. The minimum atomic E-state index is -0.737. The molecule has 0 bridgehead atoms. The number of rotatable bonds is 6. The van der Waals surface area contributed by atoms with Crippen molar-refractivity contribution in [2.24, 2.45) is 0 Å². The fourth-order valence-corrected chi connectivity index (χ4v) is 3.59. The van der Waals surface area contributed by atoms with Gasteiger partial charge in [0.1, 0.15) is 0 Å². The second-order valence-electron chi connectivity index (χ2n) is 7.09. The third-order valence-electron chi connectivity index (χ3n) is 5.09. The summed E-state index contributed by atoms with van der Waals surface area (Å²) in [5, 5.41) is 16.1. The summed E-state index contributed by atoms with van der Waals surface area (Å²) in [7, 11) is 0. The number of fused-ring (bicyclic) bond motifs is 1. The number of hydrogen-bond donors (Lipinski definition) is 2. The summed E-state index contributed by atoms with van der Waals surface area (Å²) in [5.74, 6) is -0.860. The lowest BCUT2D eigenvalue weighted by atomic mass is 10.1. The van der Waals surface area contributed by atoms with Gasteiger partial charge in [-0.15, -0.1) is 0 Å². The molecule has 4 rings (SSSR count). The quantitative estimate of drug-likeness (QED) is 0.350. The van der Waals surface area contributed by atoms with Gasteiger partial charge < -0.3 is 10.6 Å². The molecule has 1 unspecified atom stereocenters. The monoisotopic (exact) mass is 430 g/mol. The van der Waals surface area contributed by atoms with Gasteiger partial charge in [0.05, 0.1) is 22.1 Å². The van der Waals surface area contributed by atoms with Gasteiger partial charge in [-0.2, -0.15) is 0 Å². The number of nitro groups is 1. The molecule has 4 amide bonds. The molecule has 0 fully saturated rings. The molecule has 1 heterocycles. The van der Waals surface area contributed by atoms with Crippen molar-refractivity contribution in [1.29, 1.82) is 0 Å². The van der Waals surface area contributed by atoms with E-state index >= 15 is 0 Å². The van der Waals surface area contributed by atoms with Crippen LogP contribution in [0.3, 0.4) is 0 Å². The van der Waals surface area contributed by atoms with Crippen molar-refractivity contribution in [3.63, 3.8) is 0 Å². The van der Waals surface area contributed by atoms with Gasteiger partial charge in [0, 0.05) is 24.4 Å². The molecule has 0 saturated carbocycles. The zero-order valence-corrected chi connectivity index (χ0v) is 16.7. The van der Waals surface area contributed by atoms with Gasteiger partial charge in [-0.3, -0.25) is 24.6 Å². The predicted octanol–water partition coefficient (Wildman–Crippen LogP) is 3.75. The van der Waals surface area contributed by atoms with Crippen molar-refractivity contribution in [3.05, 3.63) is 106 Å². The number of nitrogens with one attached hydrogen (secondary N) is 2. The maximum atomic E-state index is 13.0. The number of imide groups is 1. The standard InChI is InChI=1S/C23H18N4O5/c28-21-18-11-4-5-12-19(18)22(29)26(21)20(15-7-2-1-3-8-15)14-24-23(30)25-16-9-6-10-17(13-16)27(31)32/h1-13,20H,14H2,(H2,24,25,30). The minimum absolute atomic E-state index is 0.0454. The first kappa shape index (κ1) is 20.7. The Morgan fingerprint density at radius 3 is 2.16 bits per heavy atom. The maximum Gasteiger partial charge on any atom is 0.319 e. The third kappa shape index (κ3) is 4.04. The Kier molecular flexibility index (Phi) is 5.63. The van der Waals surface area contributed by atoms with Crippen molar-refractivity contribution >= 4 is 29.2 Å². The van der Waals surface area contributed by atoms with Gasteiger partial charge in [0.25, 0.3) is 17.5 Å². The summed E-state index contributed by atoms with van der Waals surface area (Å²) in [6.45, 7) is -0.0454. The average Bonchev–Trinajstić information content (AvgIpc) is 3.05. The van der Waals surface area contributed by atoms with Crippen molar-refractivity contribution in [2.45, 2.75) is 6.04 Å². The van der Waals surface area contributed by atoms with Crippen LogP contribution in [0.4, 0.5) is 16.2 Å². The van der Waals surface area contributed by atoms with Gasteiger partial charge in [-0.25, -0.2) is 4.79 Å². The van der Waals surface area contributed by atoms with E-state index in [1.807, 2.05) is 6.07 Å². The molecule has 3 aromatic carbocycles.